The molecule has 236 valence electrons. The monoisotopic (exact) mass is 661 g/mol. The summed E-state index contributed by atoms with van der Waals surface area (Å²) in [5.41, 5.74) is 6.71. The quantitative estimate of drug-likeness (QED) is 0.191. The molecule has 1 unspecified atom stereocenters. The smallest absolute Gasteiger partial charge is 0.169 e. The molecule has 1 aliphatic rings. The van der Waals surface area contributed by atoms with Crippen LogP contribution in [0.25, 0.3) is 65.4 Å². The molecule has 1 atom stereocenters. The van der Waals surface area contributed by atoms with Gasteiger partial charge in [0, 0.05) is 21.9 Å². The molecule has 0 fully saturated rings. The number of nitrogens with one attached hydrogen (secondary N) is 1. The van der Waals surface area contributed by atoms with Crippen molar-refractivity contribution in [3.05, 3.63) is 179 Å². The first-order valence-electron chi connectivity index (χ1n) is 16.7. The fraction of sp³-hybridized carbons (Fsp3) is 0.0222. The molecule has 2 heterocycles. The Morgan fingerprint density at radius 2 is 1.16 bits per heavy atom. The Labute approximate surface area is 293 Å². The third kappa shape index (κ3) is 4.61. The molecule has 0 saturated heterocycles. The number of hydrogen-bond acceptors (Lipinski definition) is 4. The lowest BCUT2D eigenvalue weighted by molar-refractivity contribution is 0.669. The van der Waals surface area contributed by atoms with Gasteiger partial charge in [0.15, 0.2) is 11.7 Å². The fourth-order valence-corrected chi connectivity index (χ4v) is 7.69. The molecule has 0 amide bonds. The predicted octanol–water partition coefficient (Wildman–Crippen LogP) is 11.9. The summed E-state index contributed by atoms with van der Waals surface area (Å²) in [4.78, 5) is 10.7. The van der Waals surface area contributed by atoms with E-state index in [9.17, 15) is 0 Å². The van der Waals surface area contributed by atoms with Crippen molar-refractivity contribution in [2.24, 2.45) is 9.98 Å². The van der Waals surface area contributed by atoms with Crippen LogP contribution >= 0.6 is 11.6 Å². The standard InChI is InChI=1S/C45H28ClN3O/c46-39-22-10-21-36-41-35(20-11-23-40(41)50-42(36)39)37-26-30(24-28-14-4-7-17-32(28)37)44-47-43(27-12-2-1-3-13-27)48-45(49-44)38-25-29-15-5-6-16-31(29)33-18-8-9-19-34(33)38/h1-26,44H,(H,47,48,49). The lowest BCUT2D eigenvalue weighted by Crippen LogP contribution is -2.36. The summed E-state index contributed by atoms with van der Waals surface area (Å²) in [6.07, 6.45) is -0.496. The lowest BCUT2D eigenvalue weighted by Gasteiger charge is -2.24. The lowest BCUT2D eigenvalue weighted by atomic mass is 9.92. The molecule has 9 aromatic rings. The van der Waals surface area contributed by atoms with Gasteiger partial charge in [-0.1, -0.05) is 139 Å². The normalized spacial score (nSPS) is 14.7. The predicted molar refractivity (Wildman–Crippen MR) is 209 cm³/mol. The number of aliphatic imine (C=N–C) groups is 2. The highest BCUT2D eigenvalue weighted by Gasteiger charge is 2.24. The van der Waals surface area contributed by atoms with Gasteiger partial charge in [0.2, 0.25) is 0 Å². The molecule has 0 bridgehead atoms. The molecule has 1 aromatic heterocycles. The van der Waals surface area contributed by atoms with Crippen molar-refractivity contribution in [3.63, 3.8) is 0 Å². The van der Waals surface area contributed by atoms with E-state index >= 15 is 0 Å². The van der Waals surface area contributed by atoms with Crippen LogP contribution < -0.4 is 5.32 Å². The van der Waals surface area contributed by atoms with E-state index in [0.29, 0.717) is 10.6 Å². The second-order valence-electron chi connectivity index (χ2n) is 12.7. The van der Waals surface area contributed by atoms with Crippen molar-refractivity contribution < 1.29 is 4.42 Å². The van der Waals surface area contributed by atoms with Crippen LogP contribution in [0.4, 0.5) is 0 Å². The van der Waals surface area contributed by atoms with Gasteiger partial charge in [-0.2, -0.15) is 0 Å². The minimum Gasteiger partial charge on any atom is -0.454 e. The maximum absolute atomic E-state index is 6.62. The number of para-hydroxylation sites is 1. The second-order valence-corrected chi connectivity index (χ2v) is 13.1. The van der Waals surface area contributed by atoms with Crippen LogP contribution in [0.2, 0.25) is 5.02 Å². The van der Waals surface area contributed by atoms with Gasteiger partial charge < -0.3 is 9.73 Å². The first-order valence-corrected chi connectivity index (χ1v) is 17.1. The third-order valence-corrected chi connectivity index (χ3v) is 10.1. The summed E-state index contributed by atoms with van der Waals surface area (Å²) in [5, 5.41) is 13.3. The molecular formula is C45H28ClN3O. The van der Waals surface area contributed by atoms with E-state index in [4.69, 9.17) is 26.0 Å². The van der Waals surface area contributed by atoms with Crippen LogP contribution in [0.1, 0.15) is 22.9 Å². The minimum atomic E-state index is -0.496. The number of amidine groups is 2. The molecule has 0 spiro atoms. The Morgan fingerprint density at radius 1 is 0.500 bits per heavy atom. The number of furan rings is 1. The molecule has 0 saturated carbocycles. The highest BCUT2D eigenvalue weighted by molar-refractivity contribution is 6.36. The van der Waals surface area contributed by atoms with E-state index in [2.05, 4.69) is 121 Å². The van der Waals surface area contributed by atoms with Crippen LogP contribution in [-0.2, 0) is 0 Å². The number of rotatable bonds is 4. The highest BCUT2D eigenvalue weighted by atomic mass is 35.5. The summed E-state index contributed by atoms with van der Waals surface area (Å²) >= 11 is 6.62. The van der Waals surface area contributed by atoms with Gasteiger partial charge in [-0.3, -0.25) is 0 Å². The molecule has 50 heavy (non-hydrogen) atoms. The number of nitrogens with zero attached hydrogens (tertiary/aromatic N) is 2. The van der Waals surface area contributed by atoms with Crippen LogP contribution in [-0.4, -0.2) is 11.7 Å². The number of benzene rings is 8. The van der Waals surface area contributed by atoms with Crippen LogP contribution in [0.5, 0.6) is 0 Å². The topological polar surface area (TPSA) is 49.9 Å². The first kappa shape index (κ1) is 28.8. The molecule has 4 nitrogen and oxygen atoms in total. The van der Waals surface area contributed by atoms with E-state index in [0.717, 1.165) is 72.0 Å². The maximum atomic E-state index is 6.62. The Bertz CT molecular complexity index is 2870. The van der Waals surface area contributed by atoms with Crippen molar-refractivity contribution in [2.45, 2.75) is 6.17 Å². The molecular weight excluding hydrogens is 634 g/mol. The molecule has 1 aliphatic heterocycles. The molecule has 1 N–H and O–H groups in total. The van der Waals surface area contributed by atoms with Gasteiger partial charge >= 0.3 is 0 Å². The fourth-order valence-electron chi connectivity index (χ4n) is 7.47. The van der Waals surface area contributed by atoms with Gasteiger partial charge in [0.05, 0.1) is 5.02 Å². The zero-order valence-corrected chi connectivity index (χ0v) is 27.5. The minimum absolute atomic E-state index is 0.496. The summed E-state index contributed by atoms with van der Waals surface area (Å²) in [6.45, 7) is 0. The molecule has 5 heteroatoms. The Morgan fingerprint density at radius 3 is 2.00 bits per heavy atom. The maximum Gasteiger partial charge on any atom is 0.169 e. The molecule has 8 aromatic carbocycles. The van der Waals surface area contributed by atoms with E-state index in [1.165, 1.54) is 16.2 Å². The SMILES string of the molecule is Clc1cccc2c1oc1cccc(-c3cc(C4N=C(c5ccccc5)NC(c5cc6ccccc6c6ccccc56)=N4)cc4ccccc34)c12. The van der Waals surface area contributed by atoms with E-state index in [-0.39, 0.29) is 0 Å². The number of hydrogen-bond donors (Lipinski definition) is 1. The van der Waals surface area contributed by atoms with E-state index < -0.39 is 6.17 Å². The number of halogens is 1. The van der Waals surface area contributed by atoms with E-state index in [1.54, 1.807) is 0 Å². The molecule has 10 rings (SSSR count). The summed E-state index contributed by atoms with van der Waals surface area (Å²) in [7, 11) is 0. The summed E-state index contributed by atoms with van der Waals surface area (Å²) in [6, 6.07) is 54.8. The van der Waals surface area contributed by atoms with E-state index in [1.807, 2.05) is 42.5 Å². The zero-order chi connectivity index (χ0) is 33.2. The van der Waals surface area contributed by atoms with Gasteiger partial charge in [0.25, 0.3) is 0 Å². The summed E-state index contributed by atoms with van der Waals surface area (Å²) in [5.74, 6) is 1.57. The average molecular weight is 662 g/mol. The average Bonchev–Trinajstić information content (AvgIpc) is 3.58. The van der Waals surface area contributed by atoms with Gasteiger partial charge in [-0.05, 0) is 79.3 Å². The zero-order valence-electron chi connectivity index (χ0n) is 26.8. The van der Waals surface area contributed by atoms with Gasteiger partial charge in [-0.15, -0.1) is 0 Å². The van der Waals surface area contributed by atoms with Gasteiger partial charge in [0.1, 0.15) is 17.3 Å². The van der Waals surface area contributed by atoms with Crippen molar-refractivity contribution in [2.75, 3.05) is 0 Å². The van der Waals surface area contributed by atoms with Crippen molar-refractivity contribution >= 4 is 77.5 Å². The first-order chi connectivity index (χ1) is 24.7. The Kier molecular flexibility index (Phi) is 6.58. The summed E-state index contributed by atoms with van der Waals surface area (Å²) < 4.78 is 6.31. The van der Waals surface area contributed by atoms with Crippen LogP contribution in [0.15, 0.2) is 172 Å². The van der Waals surface area contributed by atoms with Gasteiger partial charge in [-0.25, -0.2) is 9.98 Å². The van der Waals surface area contributed by atoms with Crippen LogP contribution in [0.3, 0.4) is 0 Å². The molecule has 0 aliphatic carbocycles. The van der Waals surface area contributed by atoms with Crippen LogP contribution in [0, 0.1) is 0 Å². The highest BCUT2D eigenvalue weighted by Crippen LogP contribution is 2.42. The Hall–Kier alpha value is -6.23. The Balaban J connectivity index is 1.22. The third-order valence-electron chi connectivity index (χ3n) is 9.76. The molecule has 0 radical (unpaired) electrons. The van der Waals surface area contributed by atoms with Crippen molar-refractivity contribution in [1.82, 2.24) is 5.32 Å². The van der Waals surface area contributed by atoms with Crippen molar-refractivity contribution in [1.29, 1.82) is 0 Å². The largest absolute Gasteiger partial charge is 0.454 e. The number of fused-ring (bicyclic) bond motifs is 7. The van der Waals surface area contributed by atoms with Crippen molar-refractivity contribution in [3.8, 4) is 11.1 Å². The second kappa shape index (κ2) is 11.4.